The van der Waals surface area contributed by atoms with Crippen molar-refractivity contribution in [1.82, 2.24) is 9.55 Å². The summed E-state index contributed by atoms with van der Waals surface area (Å²) in [6.07, 6.45) is -3.35. The summed E-state index contributed by atoms with van der Waals surface area (Å²) in [4.78, 5) is 38.3. The lowest BCUT2D eigenvalue weighted by atomic mass is 10.1. The summed E-state index contributed by atoms with van der Waals surface area (Å²) in [5.74, 6) is -0.967. The van der Waals surface area contributed by atoms with Crippen LogP contribution in [0.2, 0.25) is 0 Å². The fourth-order valence-corrected chi connectivity index (χ4v) is 2.57. The maximum Gasteiger partial charge on any atom is 0.351 e. The maximum absolute atomic E-state index is 11.8. The molecule has 4 atom stereocenters. The minimum Gasteiger partial charge on any atom is -0.466 e. The molecule has 0 bridgehead atoms. The maximum atomic E-state index is 11.8. The smallest absolute Gasteiger partial charge is 0.351 e. The number of nitrogens with zero attached hydrogens (tertiary/aromatic N) is 2. The zero-order valence-corrected chi connectivity index (χ0v) is 14.8. The number of aliphatic hydroxyl groups excluding tert-OH is 2. The molecule has 0 unspecified atom stereocenters. The molecule has 1 saturated heterocycles. The fraction of sp³-hybridized carbons (Fsp3) is 0.625. The van der Waals surface area contributed by atoms with Gasteiger partial charge < -0.3 is 30.2 Å². The van der Waals surface area contributed by atoms with Crippen LogP contribution in [0, 0.1) is 0 Å². The van der Waals surface area contributed by atoms with E-state index in [1.165, 1.54) is 12.3 Å². The van der Waals surface area contributed by atoms with E-state index in [1.54, 1.807) is 6.92 Å². The summed E-state index contributed by atoms with van der Waals surface area (Å²) in [6, 6.07) is 1.35. The average molecular weight is 385 g/mol. The van der Waals surface area contributed by atoms with Crippen LogP contribution in [0.15, 0.2) is 17.1 Å². The van der Waals surface area contributed by atoms with E-state index in [0.29, 0.717) is 0 Å². The van der Waals surface area contributed by atoms with E-state index >= 15 is 0 Å². The van der Waals surface area contributed by atoms with Gasteiger partial charge in [-0.05, 0) is 19.4 Å². The van der Waals surface area contributed by atoms with Crippen molar-refractivity contribution in [3.8, 4) is 0 Å². The number of aliphatic hydroxyl groups is 2. The molecular formula is C16H23N3O8. The summed E-state index contributed by atoms with van der Waals surface area (Å²) >= 11 is 0. The number of anilines is 1. The van der Waals surface area contributed by atoms with E-state index < -0.39 is 42.2 Å². The third-order valence-electron chi connectivity index (χ3n) is 3.94. The second-order valence-corrected chi connectivity index (χ2v) is 5.93. The molecule has 0 aliphatic carbocycles. The van der Waals surface area contributed by atoms with Gasteiger partial charge >= 0.3 is 17.6 Å². The minimum atomic E-state index is -1.42. The van der Waals surface area contributed by atoms with Crippen LogP contribution in [-0.2, 0) is 23.8 Å². The van der Waals surface area contributed by atoms with Crippen molar-refractivity contribution in [2.75, 3.05) is 18.9 Å². The van der Waals surface area contributed by atoms with Gasteiger partial charge in [-0.15, -0.1) is 0 Å². The molecule has 11 heteroatoms. The second kappa shape index (κ2) is 9.44. The minimum absolute atomic E-state index is 0.00501. The Hall–Kier alpha value is -2.50. The van der Waals surface area contributed by atoms with Gasteiger partial charge in [-0.3, -0.25) is 14.2 Å². The number of esters is 2. The number of aromatic nitrogens is 2. The van der Waals surface area contributed by atoms with Gasteiger partial charge in [-0.2, -0.15) is 4.98 Å². The van der Waals surface area contributed by atoms with Crippen molar-refractivity contribution < 1.29 is 34.0 Å². The van der Waals surface area contributed by atoms with Crippen molar-refractivity contribution >= 4 is 17.8 Å². The lowest BCUT2D eigenvalue weighted by molar-refractivity contribution is -0.150. The van der Waals surface area contributed by atoms with Gasteiger partial charge in [0.25, 0.3) is 0 Å². The van der Waals surface area contributed by atoms with Crippen molar-refractivity contribution in [1.29, 1.82) is 0 Å². The molecule has 150 valence electrons. The summed E-state index contributed by atoms with van der Waals surface area (Å²) in [5.41, 5.74) is 4.66. The largest absolute Gasteiger partial charge is 0.466 e. The monoisotopic (exact) mass is 385 g/mol. The highest BCUT2D eigenvalue weighted by Gasteiger charge is 2.44. The van der Waals surface area contributed by atoms with Gasteiger partial charge in [-0.1, -0.05) is 0 Å². The first-order chi connectivity index (χ1) is 12.8. The summed E-state index contributed by atoms with van der Waals surface area (Å²) in [7, 11) is 0. The van der Waals surface area contributed by atoms with Crippen molar-refractivity contribution in [2.45, 2.75) is 50.7 Å². The molecule has 1 aliphatic heterocycles. The third-order valence-corrected chi connectivity index (χ3v) is 3.94. The standard InChI is InChI=1S/C16H23N3O8/c1-2-25-11(20)4-3-5-12(21)26-8-9-13(22)14(23)15(27-9)19-7-6-10(17)18-16(19)24/h6-7,9,13-15,22-23H,2-5,8H2,1H3,(H2,17,18,24)/t9-,13-,14+,15-/m1/s1. The normalized spacial score (nSPS) is 24.6. The predicted molar refractivity (Wildman–Crippen MR) is 90.3 cm³/mol. The van der Waals surface area contributed by atoms with Gasteiger partial charge in [0.05, 0.1) is 6.61 Å². The molecule has 0 spiro atoms. The summed E-state index contributed by atoms with van der Waals surface area (Å²) in [5, 5.41) is 20.2. The van der Waals surface area contributed by atoms with Crippen LogP contribution in [0.1, 0.15) is 32.4 Å². The molecule has 1 aromatic rings. The summed E-state index contributed by atoms with van der Waals surface area (Å²) in [6.45, 7) is 1.65. The van der Waals surface area contributed by atoms with Gasteiger partial charge in [-0.25, -0.2) is 4.79 Å². The van der Waals surface area contributed by atoms with E-state index in [1.807, 2.05) is 0 Å². The van der Waals surface area contributed by atoms with Crippen LogP contribution in [0.3, 0.4) is 0 Å². The Balaban J connectivity index is 1.84. The summed E-state index contributed by atoms with van der Waals surface area (Å²) < 4.78 is 16.2. The van der Waals surface area contributed by atoms with E-state index in [4.69, 9.17) is 19.9 Å². The van der Waals surface area contributed by atoms with E-state index in [2.05, 4.69) is 4.98 Å². The lowest BCUT2D eigenvalue weighted by Gasteiger charge is -2.16. The van der Waals surface area contributed by atoms with Crippen molar-refractivity contribution in [2.24, 2.45) is 0 Å². The molecule has 1 aromatic heterocycles. The lowest BCUT2D eigenvalue weighted by Crippen LogP contribution is -2.36. The Morgan fingerprint density at radius 1 is 1.26 bits per heavy atom. The van der Waals surface area contributed by atoms with Crippen LogP contribution in [0.4, 0.5) is 5.82 Å². The number of ether oxygens (including phenoxy) is 3. The zero-order chi connectivity index (χ0) is 20.0. The Bertz CT molecular complexity index is 722. The first-order valence-electron chi connectivity index (χ1n) is 8.51. The highest BCUT2D eigenvalue weighted by Crippen LogP contribution is 2.28. The molecule has 1 aliphatic rings. The quantitative estimate of drug-likeness (QED) is 0.459. The molecule has 11 nitrogen and oxygen atoms in total. The number of carbonyl (C=O) groups excluding carboxylic acids is 2. The highest BCUT2D eigenvalue weighted by molar-refractivity contribution is 5.72. The second-order valence-electron chi connectivity index (χ2n) is 5.93. The Kier molecular flexibility index (Phi) is 7.28. The van der Waals surface area contributed by atoms with E-state index in [-0.39, 0.29) is 38.3 Å². The number of nitrogen functional groups attached to an aromatic ring is 1. The first-order valence-corrected chi connectivity index (χ1v) is 8.51. The van der Waals surface area contributed by atoms with Crippen molar-refractivity contribution in [3.63, 3.8) is 0 Å². The topological polar surface area (TPSA) is 163 Å². The highest BCUT2D eigenvalue weighted by atomic mass is 16.6. The van der Waals surface area contributed by atoms with E-state index in [0.717, 1.165) is 4.57 Å². The predicted octanol–water partition coefficient (Wildman–Crippen LogP) is -1.28. The Morgan fingerprint density at radius 3 is 2.56 bits per heavy atom. The Morgan fingerprint density at radius 2 is 1.93 bits per heavy atom. The van der Waals surface area contributed by atoms with Gasteiger partial charge in [0.1, 0.15) is 30.7 Å². The average Bonchev–Trinajstić information content (AvgIpc) is 2.88. The molecule has 1 fully saturated rings. The molecular weight excluding hydrogens is 362 g/mol. The van der Waals surface area contributed by atoms with Crippen LogP contribution >= 0.6 is 0 Å². The SMILES string of the molecule is CCOC(=O)CCCC(=O)OC[C@H]1O[C@@H](n2ccc(N)nc2=O)[C@@H](O)[C@@H]1O. The molecule has 0 radical (unpaired) electrons. The third kappa shape index (κ3) is 5.49. The van der Waals surface area contributed by atoms with Gasteiger partial charge in [0.2, 0.25) is 0 Å². The number of hydrogen-bond donors (Lipinski definition) is 3. The number of hydrogen-bond acceptors (Lipinski definition) is 10. The number of rotatable bonds is 8. The van der Waals surface area contributed by atoms with Gasteiger partial charge in [0, 0.05) is 19.0 Å². The van der Waals surface area contributed by atoms with Gasteiger partial charge in [0.15, 0.2) is 6.23 Å². The molecule has 0 aromatic carbocycles. The number of carbonyl (C=O) groups is 2. The molecule has 0 amide bonds. The van der Waals surface area contributed by atoms with E-state index in [9.17, 15) is 24.6 Å². The molecule has 2 heterocycles. The molecule has 2 rings (SSSR count). The van der Waals surface area contributed by atoms with Crippen LogP contribution < -0.4 is 11.4 Å². The zero-order valence-electron chi connectivity index (χ0n) is 14.8. The van der Waals surface area contributed by atoms with Crippen LogP contribution in [0.5, 0.6) is 0 Å². The molecule has 4 N–H and O–H groups in total. The molecule has 27 heavy (non-hydrogen) atoms. The molecule has 0 saturated carbocycles. The van der Waals surface area contributed by atoms with Crippen molar-refractivity contribution in [3.05, 3.63) is 22.7 Å². The number of nitrogens with two attached hydrogens (primary N) is 1. The fourth-order valence-electron chi connectivity index (χ4n) is 2.57. The first kappa shape index (κ1) is 20.8. The van der Waals surface area contributed by atoms with Crippen LogP contribution in [-0.4, -0.2) is 63.2 Å². The van der Waals surface area contributed by atoms with Crippen LogP contribution in [0.25, 0.3) is 0 Å². The Labute approximate surface area is 154 Å².